The number of hydrogen-bond donors (Lipinski definition) is 0. The molecular formula is C10H12FNO2. The molecule has 0 aliphatic rings. The maximum absolute atomic E-state index is 12.7. The topological polar surface area (TPSA) is 39.2 Å². The highest BCUT2D eigenvalue weighted by atomic mass is 19.1. The summed E-state index contributed by atoms with van der Waals surface area (Å²) in [6, 6.07) is 1.38. The van der Waals surface area contributed by atoms with Gasteiger partial charge in [0.1, 0.15) is 12.4 Å². The molecule has 1 aromatic heterocycles. The molecule has 0 atom stereocenters. The molecule has 1 rings (SSSR count). The first-order chi connectivity index (χ1) is 6.72. The predicted octanol–water partition coefficient (Wildman–Crippen LogP) is 1.37. The first-order valence-corrected chi connectivity index (χ1v) is 4.32. The smallest absolute Gasteiger partial charge is 0.158 e. The lowest BCUT2D eigenvalue weighted by molar-refractivity contribution is -0.122. The Balaban J connectivity index is 2.41. The van der Waals surface area contributed by atoms with Crippen molar-refractivity contribution in [2.24, 2.45) is 0 Å². The molecule has 0 aliphatic carbocycles. The van der Waals surface area contributed by atoms with Gasteiger partial charge < -0.3 is 4.74 Å². The molecule has 4 heteroatoms. The van der Waals surface area contributed by atoms with E-state index in [1.54, 1.807) is 6.20 Å². The van der Waals surface area contributed by atoms with Crippen molar-refractivity contribution in [2.75, 3.05) is 13.7 Å². The van der Waals surface area contributed by atoms with Crippen LogP contribution in [0.2, 0.25) is 0 Å². The van der Waals surface area contributed by atoms with Crippen LogP contribution in [0.4, 0.5) is 4.39 Å². The summed E-state index contributed by atoms with van der Waals surface area (Å²) < 4.78 is 17.3. The van der Waals surface area contributed by atoms with Gasteiger partial charge in [-0.05, 0) is 18.1 Å². The molecule has 76 valence electrons. The van der Waals surface area contributed by atoms with Gasteiger partial charge in [-0.25, -0.2) is 4.39 Å². The number of pyridine rings is 1. The van der Waals surface area contributed by atoms with Crippen LogP contribution in [-0.4, -0.2) is 24.5 Å². The monoisotopic (exact) mass is 197 g/mol. The number of ether oxygens (including phenoxy) is 1. The van der Waals surface area contributed by atoms with E-state index in [1.165, 1.54) is 13.2 Å². The van der Waals surface area contributed by atoms with Crippen molar-refractivity contribution in [3.05, 3.63) is 29.8 Å². The highest BCUT2D eigenvalue weighted by molar-refractivity contribution is 5.79. The van der Waals surface area contributed by atoms with E-state index in [0.29, 0.717) is 12.8 Å². The van der Waals surface area contributed by atoms with Crippen LogP contribution in [0.1, 0.15) is 12.0 Å². The first-order valence-electron chi connectivity index (χ1n) is 4.32. The molecule has 0 amide bonds. The number of rotatable bonds is 5. The van der Waals surface area contributed by atoms with Gasteiger partial charge >= 0.3 is 0 Å². The summed E-state index contributed by atoms with van der Waals surface area (Å²) in [5.41, 5.74) is 0.731. The number of nitrogens with zero attached hydrogens (tertiary/aromatic N) is 1. The number of aryl methyl sites for hydroxylation is 1. The number of methoxy groups -OCH3 is 1. The molecule has 0 spiro atoms. The van der Waals surface area contributed by atoms with Crippen molar-refractivity contribution >= 4 is 5.78 Å². The van der Waals surface area contributed by atoms with Gasteiger partial charge in [0.15, 0.2) is 5.78 Å². The largest absolute Gasteiger partial charge is 0.377 e. The van der Waals surface area contributed by atoms with E-state index in [4.69, 9.17) is 0 Å². The zero-order valence-corrected chi connectivity index (χ0v) is 8.00. The summed E-state index contributed by atoms with van der Waals surface area (Å²) >= 11 is 0. The summed E-state index contributed by atoms with van der Waals surface area (Å²) in [5, 5.41) is 0. The molecule has 3 nitrogen and oxygen atoms in total. The molecule has 0 saturated heterocycles. The molecule has 0 aliphatic heterocycles. The van der Waals surface area contributed by atoms with Crippen LogP contribution in [0.15, 0.2) is 18.5 Å². The van der Waals surface area contributed by atoms with Crippen molar-refractivity contribution in [1.82, 2.24) is 4.98 Å². The summed E-state index contributed by atoms with van der Waals surface area (Å²) in [5.74, 6) is -0.363. The fourth-order valence-corrected chi connectivity index (χ4v) is 1.11. The summed E-state index contributed by atoms with van der Waals surface area (Å²) in [6.45, 7) is 0.114. The maximum atomic E-state index is 12.7. The van der Waals surface area contributed by atoms with Crippen molar-refractivity contribution < 1.29 is 13.9 Å². The van der Waals surface area contributed by atoms with Gasteiger partial charge in [-0.15, -0.1) is 0 Å². The van der Waals surface area contributed by atoms with Crippen LogP contribution in [0.5, 0.6) is 0 Å². The summed E-state index contributed by atoms with van der Waals surface area (Å²) in [7, 11) is 1.47. The van der Waals surface area contributed by atoms with Crippen LogP contribution in [0, 0.1) is 5.82 Å². The van der Waals surface area contributed by atoms with Crippen molar-refractivity contribution in [3.8, 4) is 0 Å². The zero-order chi connectivity index (χ0) is 10.4. The Hall–Kier alpha value is -1.29. The maximum Gasteiger partial charge on any atom is 0.158 e. The summed E-state index contributed by atoms with van der Waals surface area (Å²) in [4.78, 5) is 14.8. The van der Waals surface area contributed by atoms with Crippen LogP contribution >= 0.6 is 0 Å². The fraction of sp³-hybridized carbons (Fsp3) is 0.400. The van der Waals surface area contributed by atoms with E-state index in [2.05, 4.69) is 9.72 Å². The van der Waals surface area contributed by atoms with E-state index in [1.807, 2.05) is 0 Å². The van der Waals surface area contributed by atoms with Gasteiger partial charge in [0.05, 0.1) is 6.20 Å². The zero-order valence-electron chi connectivity index (χ0n) is 8.00. The van der Waals surface area contributed by atoms with Crippen LogP contribution in [0.3, 0.4) is 0 Å². The van der Waals surface area contributed by atoms with E-state index in [0.717, 1.165) is 11.8 Å². The van der Waals surface area contributed by atoms with Gasteiger partial charge in [0.25, 0.3) is 0 Å². The molecule has 0 unspecified atom stereocenters. The minimum absolute atomic E-state index is 0.0109. The lowest BCUT2D eigenvalue weighted by atomic mass is 10.1. The van der Waals surface area contributed by atoms with E-state index >= 15 is 0 Å². The highest BCUT2D eigenvalue weighted by Crippen LogP contribution is 2.04. The quantitative estimate of drug-likeness (QED) is 0.715. The second kappa shape index (κ2) is 5.44. The molecule has 0 radical (unpaired) electrons. The number of carbonyl (C=O) groups is 1. The second-order valence-corrected chi connectivity index (χ2v) is 2.98. The number of halogens is 1. The van der Waals surface area contributed by atoms with Crippen molar-refractivity contribution in [2.45, 2.75) is 12.8 Å². The van der Waals surface area contributed by atoms with Crippen LogP contribution in [-0.2, 0) is 16.0 Å². The normalized spacial score (nSPS) is 10.1. The lowest BCUT2D eigenvalue weighted by Crippen LogP contribution is -2.07. The third-order valence-corrected chi connectivity index (χ3v) is 1.76. The van der Waals surface area contributed by atoms with Gasteiger partial charge in [-0.3, -0.25) is 9.78 Å². The minimum atomic E-state index is -0.373. The van der Waals surface area contributed by atoms with Crippen LogP contribution in [0.25, 0.3) is 0 Å². The number of Topliss-reactive ketones (excluding diaryl/α,β-unsaturated/α-hetero) is 1. The van der Waals surface area contributed by atoms with Gasteiger partial charge in [-0.1, -0.05) is 0 Å². The number of aromatic nitrogens is 1. The molecule has 1 aromatic rings. The van der Waals surface area contributed by atoms with Crippen LogP contribution < -0.4 is 0 Å². The summed E-state index contributed by atoms with van der Waals surface area (Å²) in [6.07, 6.45) is 3.57. The molecule has 0 fully saturated rings. The Kier molecular flexibility index (Phi) is 4.19. The first kappa shape index (κ1) is 10.8. The molecule has 1 heterocycles. The molecule has 14 heavy (non-hydrogen) atoms. The molecular weight excluding hydrogens is 185 g/mol. The average Bonchev–Trinajstić information content (AvgIpc) is 2.15. The number of ketones is 1. The molecule has 0 N–H and O–H groups in total. The van der Waals surface area contributed by atoms with Gasteiger partial charge in [0.2, 0.25) is 0 Å². The van der Waals surface area contributed by atoms with Gasteiger partial charge in [-0.2, -0.15) is 0 Å². The fourth-order valence-electron chi connectivity index (χ4n) is 1.11. The Morgan fingerprint density at radius 2 is 2.36 bits per heavy atom. The predicted molar refractivity (Wildman–Crippen MR) is 49.4 cm³/mol. The van der Waals surface area contributed by atoms with E-state index in [9.17, 15) is 9.18 Å². The Morgan fingerprint density at radius 1 is 1.57 bits per heavy atom. The average molecular weight is 197 g/mol. The third kappa shape index (κ3) is 3.62. The Bertz CT molecular complexity index is 315. The lowest BCUT2D eigenvalue weighted by Gasteiger charge is -2.00. The number of hydrogen-bond acceptors (Lipinski definition) is 3. The third-order valence-electron chi connectivity index (χ3n) is 1.76. The molecule has 0 bridgehead atoms. The Morgan fingerprint density at radius 3 is 3.00 bits per heavy atom. The Labute approximate surface area is 81.9 Å². The second-order valence-electron chi connectivity index (χ2n) is 2.98. The standard InChI is InChI=1S/C10H12FNO2/c1-14-7-10(13)3-2-8-4-9(11)6-12-5-8/h4-6H,2-3,7H2,1H3. The van der Waals surface area contributed by atoms with Crippen molar-refractivity contribution in [1.29, 1.82) is 0 Å². The molecule has 0 aromatic carbocycles. The van der Waals surface area contributed by atoms with E-state index < -0.39 is 0 Å². The highest BCUT2D eigenvalue weighted by Gasteiger charge is 2.02. The SMILES string of the molecule is COCC(=O)CCc1cncc(F)c1. The van der Waals surface area contributed by atoms with Gasteiger partial charge in [0, 0.05) is 19.7 Å². The van der Waals surface area contributed by atoms with Crippen molar-refractivity contribution in [3.63, 3.8) is 0 Å². The minimum Gasteiger partial charge on any atom is -0.377 e. The van der Waals surface area contributed by atoms with E-state index in [-0.39, 0.29) is 18.2 Å². The number of carbonyl (C=O) groups excluding carboxylic acids is 1. The molecule has 0 saturated carbocycles.